The van der Waals surface area contributed by atoms with E-state index in [1.54, 1.807) is 18.3 Å². The van der Waals surface area contributed by atoms with Gasteiger partial charge in [-0.05, 0) is 44.5 Å². The largest absolute Gasteiger partial charge is 0.439 e. The van der Waals surface area contributed by atoms with Gasteiger partial charge >= 0.3 is 0 Å². The number of benzene rings is 1. The van der Waals surface area contributed by atoms with Crippen LogP contribution in [0.25, 0.3) is 0 Å². The quantitative estimate of drug-likeness (QED) is 0.682. The Hall–Kier alpha value is -2.40. The first-order chi connectivity index (χ1) is 11.7. The highest BCUT2D eigenvalue weighted by Gasteiger charge is 2.04. The highest BCUT2D eigenvalue weighted by molar-refractivity contribution is 5.90. The number of nitrogens with zero attached hydrogens (tertiary/aromatic N) is 1. The number of amides is 1. The van der Waals surface area contributed by atoms with Gasteiger partial charge in [0.15, 0.2) is 0 Å². The maximum Gasteiger partial charge on any atom is 0.224 e. The van der Waals surface area contributed by atoms with Gasteiger partial charge in [-0.3, -0.25) is 4.79 Å². The second kappa shape index (κ2) is 9.67. The maximum absolute atomic E-state index is 11.9. The van der Waals surface area contributed by atoms with Crippen LogP contribution in [0.3, 0.4) is 0 Å². The number of rotatable bonds is 9. The Bertz CT molecular complexity index is 624. The monoisotopic (exact) mass is 327 g/mol. The molecule has 0 saturated carbocycles. The van der Waals surface area contributed by atoms with Crippen molar-refractivity contribution in [1.82, 2.24) is 4.98 Å². The normalized spacial score (nSPS) is 10.4. The lowest BCUT2D eigenvalue weighted by molar-refractivity contribution is -0.116. The third-order valence-electron chi connectivity index (χ3n) is 3.62. The molecule has 0 unspecified atom stereocenters. The molecule has 0 aliphatic carbocycles. The van der Waals surface area contributed by atoms with E-state index < -0.39 is 0 Å². The van der Waals surface area contributed by atoms with E-state index in [0.717, 1.165) is 38.0 Å². The van der Waals surface area contributed by atoms with Crippen molar-refractivity contribution in [2.75, 3.05) is 11.9 Å². The molecule has 0 bridgehead atoms. The molecule has 5 nitrogen and oxygen atoms in total. The molecule has 3 N–H and O–H groups in total. The van der Waals surface area contributed by atoms with Crippen LogP contribution in [0.1, 0.15) is 37.7 Å². The van der Waals surface area contributed by atoms with E-state index in [2.05, 4.69) is 10.3 Å². The number of pyridine rings is 1. The molecule has 0 aliphatic rings. The Labute approximate surface area is 143 Å². The second-order valence-electron chi connectivity index (χ2n) is 5.80. The Morgan fingerprint density at radius 1 is 1.08 bits per heavy atom. The number of hydrogen-bond donors (Lipinski definition) is 2. The third kappa shape index (κ3) is 6.38. The highest BCUT2D eigenvalue weighted by atomic mass is 16.5. The first-order valence-electron chi connectivity index (χ1n) is 8.38. The van der Waals surface area contributed by atoms with Crippen molar-refractivity contribution in [2.45, 2.75) is 39.0 Å². The molecule has 1 aromatic heterocycles. The lowest BCUT2D eigenvalue weighted by Gasteiger charge is -2.07. The molecule has 1 aromatic carbocycles. The van der Waals surface area contributed by atoms with Gasteiger partial charge < -0.3 is 15.8 Å². The van der Waals surface area contributed by atoms with Gasteiger partial charge in [-0.15, -0.1) is 0 Å². The van der Waals surface area contributed by atoms with E-state index in [4.69, 9.17) is 10.5 Å². The summed E-state index contributed by atoms with van der Waals surface area (Å²) >= 11 is 0. The van der Waals surface area contributed by atoms with E-state index in [1.807, 2.05) is 31.2 Å². The van der Waals surface area contributed by atoms with E-state index in [0.29, 0.717) is 18.0 Å². The van der Waals surface area contributed by atoms with Crippen LogP contribution >= 0.6 is 0 Å². The summed E-state index contributed by atoms with van der Waals surface area (Å²) in [5, 5.41) is 2.85. The molecule has 0 fully saturated rings. The standard InChI is InChI=1S/C19H25N3O2/c1-15-7-10-17(11-8-15)24-19-12-9-16(14-21-19)22-18(23)6-4-2-3-5-13-20/h7-12,14H,2-6,13,20H2,1H3,(H,22,23). The number of nitrogens with two attached hydrogens (primary N) is 1. The number of hydrogen-bond acceptors (Lipinski definition) is 4. The summed E-state index contributed by atoms with van der Waals surface area (Å²) in [6.45, 7) is 2.74. The molecule has 1 amide bonds. The van der Waals surface area contributed by atoms with Crippen LogP contribution in [0.2, 0.25) is 0 Å². The number of carbonyl (C=O) groups is 1. The van der Waals surface area contributed by atoms with Crippen molar-refractivity contribution in [3.05, 3.63) is 48.2 Å². The van der Waals surface area contributed by atoms with Gasteiger partial charge in [-0.25, -0.2) is 4.98 Å². The fourth-order valence-electron chi connectivity index (χ4n) is 2.25. The van der Waals surface area contributed by atoms with Gasteiger partial charge in [0.25, 0.3) is 0 Å². The Morgan fingerprint density at radius 3 is 2.50 bits per heavy atom. The minimum Gasteiger partial charge on any atom is -0.439 e. The zero-order valence-electron chi connectivity index (χ0n) is 14.1. The number of carbonyl (C=O) groups excluding carboxylic acids is 1. The van der Waals surface area contributed by atoms with Gasteiger partial charge in [0.05, 0.1) is 11.9 Å². The smallest absolute Gasteiger partial charge is 0.224 e. The molecule has 2 aromatic rings. The summed E-state index contributed by atoms with van der Waals surface area (Å²) in [7, 11) is 0. The highest BCUT2D eigenvalue weighted by Crippen LogP contribution is 2.20. The van der Waals surface area contributed by atoms with Crippen molar-refractivity contribution in [3.8, 4) is 11.6 Å². The maximum atomic E-state index is 11.9. The number of nitrogens with one attached hydrogen (secondary N) is 1. The molecule has 24 heavy (non-hydrogen) atoms. The summed E-state index contributed by atoms with van der Waals surface area (Å²) in [6.07, 6.45) is 6.15. The molecule has 0 radical (unpaired) electrons. The SMILES string of the molecule is Cc1ccc(Oc2ccc(NC(=O)CCCCCCN)cn2)cc1. The van der Waals surface area contributed by atoms with Crippen molar-refractivity contribution < 1.29 is 9.53 Å². The van der Waals surface area contributed by atoms with E-state index >= 15 is 0 Å². The molecule has 2 rings (SSSR count). The lowest BCUT2D eigenvalue weighted by atomic mass is 10.1. The van der Waals surface area contributed by atoms with Gasteiger partial charge in [0.1, 0.15) is 5.75 Å². The van der Waals surface area contributed by atoms with Gasteiger partial charge in [0.2, 0.25) is 11.8 Å². The number of aryl methyl sites for hydroxylation is 1. The minimum absolute atomic E-state index is 0.0109. The molecule has 1 heterocycles. The van der Waals surface area contributed by atoms with Crippen LogP contribution in [0.4, 0.5) is 5.69 Å². The molecule has 0 spiro atoms. The fraction of sp³-hybridized carbons (Fsp3) is 0.368. The zero-order chi connectivity index (χ0) is 17.2. The van der Waals surface area contributed by atoms with E-state index in [1.165, 1.54) is 5.56 Å². The van der Waals surface area contributed by atoms with Crippen LogP contribution in [-0.4, -0.2) is 17.4 Å². The van der Waals surface area contributed by atoms with Crippen molar-refractivity contribution in [2.24, 2.45) is 5.73 Å². The van der Waals surface area contributed by atoms with Crippen LogP contribution in [0.5, 0.6) is 11.6 Å². The molecule has 0 atom stereocenters. The number of ether oxygens (including phenoxy) is 1. The number of anilines is 1. The second-order valence-corrected chi connectivity index (χ2v) is 5.80. The van der Waals surface area contributed by atoms with E-state index in [-0.39, 0.29) is 5.91 Å². The fourth-order valence-corrected chi connectivity index (χ4v) is 2.25. The molecule has 128 valence electrons. The Kier molecular flexibility index (Phi) is 7.23. The molecule has 0 aliphatic heterocycles. The average molecular weight is 327 g/mol. The van der Waals surface area contributed by atoms with Crippen molar-refractivity contribution in [3.63, 3.8) is 0 Å². The third-order valence-corrected chi connectivity index (χ3v) is 3.62. The van der Waals surface area contributed by atoms with Crippen molar-refractivity contribution >= 4 is 11.6 Å². The zero-order valence-corrected chi connectivity index (χ0v) is 14.1. The summed E-state index contributed by atoms with van der Waals surface area (Å²) < 4.78 is 5.66. The summed E-state index contributed by atoms with van der Waals surface area (Å²) in [5.41, 5.74) is 7.30. The van der Waals surface area contributed by atoms with Crippen LogP contribution in [0.15, 0.2) is 42.6 Å². The Balaban J connectivity index is 1.77. The number of aromatic nitrogens is 1. The van der Waals surface area contributed by atoms with Gasteiger partial charge in [-0.1, -0.05) is 30.5 Å². The lowest BCUT2D eigenvalue weighted by Crippen LogP contribution is -2.11. The van der Waals surface area contributed by atoms with Crippen molar-refractivity contribution in [1.29, 1.82) is 0 Å². The molecule has 0 saturated heterocycles. The van der Waals surface area contributed by atoms with Crippen LogP contribution in [-0.2, 0) is 4.79 Å². The first kappa shape index (κ1) is 17.9. The predicted octanol–water partition coefficient (Wildman–Crippen LogP) is 4.03. The minimum atomic E-state index is 0.0109. The first-order valence-corrected chi connectivity index (χ1v) is 8.38. The van der Waals surface area contributed by atoms with Crippen LogP contribution < -0.4 is 15.8 Å². The van der Waals surface area contributed by atoms with Gasteiger partial charge in [-0.2, -0.15) is 0 Å². The molecular formula is C19H25N3O2. The predicted molar refractivity (Wildman–Crippen MR) is 96.3 cm³/mol. The summed E-state index contributed by atoms with van der Waals surface area (Å²) in [6, 6.07) is 11.3. The average Bonchev–Trinajstić information content (AvgIpc) is 2.58. The Morgan fingerprint density at radius 2 is 1.83 bits per heavy atom. The van der Waals surface area contributed by atoms with Crippen LogP contribution in [0, 0.1) is 6.92 Å². The topological polar surface area (TPSA) is 77.2 Å². The molecular weight excluding hydrogens is 302 g/mol. The van der Waals surface area contributed by atoms with Gasteiger partial charge in [0, 0.05) is 12.5 Å². The summed E-state index contributed by atoms with van der Waals surface area (Å²) in [5.74, 6) is 1.25. The molecule has 5 heteroatoms. The van der Waals surface area contributed by atoms with E-state index in [9.17, 15) is 4.79 Å². The summed E-state index contributed by atoms with van der Waals surface area (Å²) in [4.78, 5) is 16.1. The number of unbranched alkanes of at least 4 members (excludes halogenated alkanes) is 3.